The summed E-state index contributed by atoms with van der Waals surface area (Å²) < 4.78 is 14.0. The lowest BCUT2D eigenvalue weighted by Crippen LogP contribution is -2.42. The third-order valence-electron chi connectivity index (χ3n) is 6.40. The fourth-order valence-corrected chi connectivity index (χ4v) is 4.99. The lowest BCUT2D eigenvalue weighted by Gasteiger charge is -2.32. The van der Waals surface area contributed by atoms with Gasteiger partial charge in [0, 0.05) is 51.1 Å². The molecule has 0 N–H and O–H groups in total. The van der Waals surface area contributed by atoms with E-state index < -0.39 is 0 Å². The van der Waals surface area contributed by atoms with Gasteiger partial charge in [-0.3, -0.25) is 4.79 Å². The first-order chi connectivity index (χ1) is 14.4. The van der Waals surface area contributed by atoms with Crippen LogP contribution in [0.5, 0.6) is 0 Å². The van der Waals surface area contributed by atoms with Crippen molar-refractivity contribution >= 4 is 11.9 Å². The van der Waals surface area contributed by atoms with Crippen LogP contribution >= 0.6 is 0 Å². The molecule has 6 heteroatoms. The van der Waals surface area contributed by atoms with Crippen molar-refractivity contribution in [2.75, 3.05) is 33.7 Å². The number of hydrogen-bond acceptors (Lipinski definition) is 2. The smallest absolute Gasteiger partial charge is 0.320 e. The average molecular weight is 410 g/mol. The molecule has 2 aliphatic heterocycles. The maximum atomic E-state index is 14.0. The highest BCUT2D eigenvalue weighted by Gasteiger charge is 2.50. The number of halogens is 1. The molecule has 5 nitrogen and oxygen atoms in total. The second-order valence-corrected chi connectivity index (χ2v) is 8.47. The van der Waals surface area contributed by atoms with Gasteiger partial charge in [0.1, 0.15) is 5.82 Å². The Labute approximate surface area is 177 Å². The minimum atomic E-state index is -0.309. The van der Waals surface area contributed by atoms with E-state index in [0.717, 1.165) is 23.1 Å². The third kappa shape index (κ3) is 3.55. The van der Waals surface area contributed by atoms with Gasteiger partial charge < -0.3 is 14.7 Å². The monoisotopic (exact) mass is 409 g/mol. The van der Waals surface area contributed by atoms with Gasteiger partial charge in [-0.15, -0.1) is 0 Å². The van der Waals surface area contributed by atoms with Crippen molar-refractivity contribution in [1.82, 2.24) is 14.7 Å². The fraction of sp³-hybridized carbons (Fsp3) is 0.417. The second-order valence-electron chi connectivity index (χ2n) is 8.47. The Balaban J connectivity index is 1.63. The average Bonchev–Trinajstić information content (AvgIpc) is 3.30. The summed E-state index contributed by atoms with van der Waals surface area (Å²) >= 11 is 0. The molecule has 30 heavy (non-hydrogen) atoms. The molecule has 0 unspecified atom stereocenters. The Hall–Kier alpha value is -2.89. The summed E-state index contributed by atoms with van der Waals surface area (Å²) in [5, 5.41) is 0. The maximum absolute atomic E-state index is 14.0. The van der Waals surface area contributed by atoms with Crippen LogP contribution in [0.2, 0.25) is 0 Å². The van der Waals surface area contributed by atoms with Crippen molar-refractivity contribution in [2.24, 2.45) is 11.8 Å². The summed E-state index contributed by atoms with van der Waals surface area (Å²) in [7, 11) is 3.47. The number of carbonyl (C=O) groups is 2. The molecule has 158 valence electrons. The number of hydrogen-bond donors (Lipinski definition) is 0. The van der Waals surface area contributed by atoms with Gasteiger partial charge in [-0.25, -0.2) is 9.18 Å². The van der Waals surface area contributed by atoms with Crippen LogP contribution < -0.4 is 0 Å². The summed E-state index contributed by atoms with van der Waals surface area (Å²) in [5.74, 6) is 0.00896. The Kier molecular flexibility index (Phi) is 5.50. The van der Waals surface area contributed by atoms with Gasteiger partial charge in [-0.2, -0.15) is 0 Å². The lowest BCUT2D eigenvalue weighted by atomic mass is 9.89. The summed E-state index contributed by atoms with van der Waals surface area (Å²) in [6.07, 6.45) is 0.805. The van der Waals surface area contributed by atoms with Gasteiger partial charge in [-0.1, -0.05) is 37.3 Å². The molecule has 0 radical (unpaired) electrons. The molecule has 0 bridgehead atoms. The molecule has 4 rings (SSSR count). The number of benzene rings is 2. The van der Waals surface area contributed by atoms with Crippen LogP contribution in [0.25, 0.3) is 0 Å². The molecule has 2 saturated heterocycles. The van der Waals surface area contributed by atoms with E-state index in [1.165, 1.54) is 12.1 Å². The SMILES string of the molecule is CCc1ccccc1C(=O)N1C[C@@H]2CN(C(=O)N(C)C)[C@@H](c3cccc(F)c3)[C@@H]2C1. The molecule has 0 saturated carbocycles. The predicted molar refractivity (Wildman–Crippen MR) is 114 cm³/mol. The molecule has 0 spiro atoms. The van der Waals surface area contributed by atoms with Crippen molar-refractivity contribution < 1.29 is 14.0 Å². The quantitative estimate of drug-likeness (QED) is 0.774. The molecular weight excluding hydrogens is 381 g/mol. The zero-order valence-electron chi connectivity index (χ0n) is 17.7. The van der Waals surface area contributed by atoms with E-state index >= 15 is 0 Å². The summed E-state index contributed by atoms with van der Waals surface area (Å²) in [4.78, 5) is 31.4. The number of fused-ring (bicyclic) bond motifs is 1. The van der Waals surface area contributed by atoms with Gasteiger partial charge in [-0.05, 0) is 35.7 Å². The summed E-state index contributed by atoms with van der Waals surface area (Å²) in [6.45, 7) is 3.81. The van der Waals surface area contributed by atoms with Crippen molar-refractivity contribution in [3.63, 3.8) is 0 Å². The van der Waals surface area contributed by atoms with E-state index in [9.17, 15) is 14.0 Å². The normalized spacial score (nSPS) is 22.9. The van der Waals surface area contributed by atoms with E-state index in [2.05, 4.69) is 6.92 Å². The number of rotatable bonds is 3. The molecule has 2 aromatic rings. The van der Waals surface area contributed by atoms with E-state index in [0.29, 0.717) is 19.6 Å². The first-order valence-corrected chi connectivity index (χ1v) is 10.5. The van der Waals surface area contributed by atoms with E-state index in [1.54, 1.807) is 25.1 Å². The molecule has 2 heterocycles. The fourth-order valence-electron chi connectivity index (χ4n) is 4.99. The molecule has 3 amide bonds. The van der Waals surface area contributed by atoms with Crippen molar-refractivity contribution in [2.45, 2.75) is 19.4 Å². The molecule has 0 aromatic heterocycles. The van der Waals surface area contributed by atoms with Crippen LogP contribution in [0.4, 0.5) is 9.18 Å². The number of carbonyl (C=O) groups excluding carboxylic acids is 2. The van der Waals surface area contributed by atoms with Gasteiger partial charge >= 0.3 is 6.03 Å². The molecule has 0 aliphatic carbocycles. The highest BCUT2D eigenvalue weighted by Crippen LogP contribution is 2.45. The van der Waals surface area contributed by atoms with Gasteiger partial charge in [0.25, 0.3) is 5.91 Å². The zero-order chi connectivity index (χ0) is 21.4. The van der Waals surface area contributed by atoms with Crippen LogP contribution in [0.15, 0.2) is 48.5 Å². The number of nitrogens with zero attached hydrogens (tertiary/aromatic N) is 3. The Morgan fingerprint density at radius 1 is 1.07 bits per heavy atom. The molecule has 2 aliphatic rings. The first kappa shape index (κ1) is 20.4. The van der Waals surface area contributed by atoms with Crippen LogP contribution in [0.3, 0.4) is 0 Å². The van der Waals surface area contributed by atoms with E-state index in [1.807, 2.05) is 40.1 Å². The van der Waals surface area contributed by atoms with Crippen LogP contribution in [0, 0.1) is 17.7 Å². The van der Waals surface area contributed by atoms with Crippen LogP contribution in [-0.2, 0) is 6.42 Å². The summed E-state index contributed by atoms with van der Waals surface area (Å²) in [5.41, 5.74) is 2.59. The van der Waals surface area contributed by atoms with Gasteiger partial charge in [0.05, 0.1) is 6.04 Å². The Bertz CT molecular complexity index is 961. The predicted octanol–water partition coefficient (Wildman–Crippen LogP) is 3.81. The van der Waals surface area contributed by atoms with Crippen molar-refractivity contribution in [3.8, 4) is 0 Å². The maximum Gasteiger partial charge on any atom is 0.320 e. The van der Waals surface area contributed by atoms with E-state index in [4.69, 9.17) is 0 Å². The topological polar surface area (TPSA) is 43.9 Å². The highest BCUT2D eigenvalue weighted by molar-refractivity contribution is 5.96. The van der Waals surface area contributed by atoms with Gasteiger partial charge in [0.2, 0.25) is 0 Å². The number of amides is 3. The lowest BCUT2D eigenvalue weighted by molar-refractivity contribution is 0.0765. The van der Waals surface area contributed by atoms with Crippen LogP contribution in [0.1, 0.15) is 34.5 Å². The Morgan fingerprint density at radius 3 is 2.53 bits per heavy atom. The van der Waals surface area contributed by atoms with E-state index in [-0.39, 0.29) is 35.6 Å². The number of aryl methyl sites for hydroxylation is 1. The standard InChI is InChI=1S/C24H28FN3O2/c1-4-16-8-5-6-11-20(16)23(29)27-13-18-14-28(24(30)26(2)3)22(21(18)15-27)17-9-7-10-19(25)12-17/h5-12,18,21-22H,4,13-15H2,1-3H3/t18-,21-,22+/m1/s1. The van der Waals surface area contributed by atoms with Gasteiger partial charge in [0.15, 0.2) is 0 Å². The second kappa shape index (κ2) is 8.09. The Morgan fingerprint density at radius 2 is 1.83 bits per heavy atom. The molecule has 3 atom stereocenters. The zero-order valence-corrected chi connectivity index (χ0v) is 17.7. The molecular formula is C24H28FN3O2. The first-order valence-electron chi connectivity index (χ1n) is 10.5. The summed E-state index contributed by atoms with van der Waals surface area (Å²) in [6, 6.07) is 13.9. The highest BCUT2D eigenvalue weighted by atomic mass is 19.1. The largest absolute Gasteiger partial charge is 0.338 e. The minimum Gasteiger partial charge on any atom is -0.338 e. The number of urea groups is 1. The molecule has 2 fully saturated rings. The number of likely N-dealkylation sites (tertiary alicyclic amines) is 2. The minimum absolute atomic E-state index is 0.0466. The van der Waals surface area contributed by atoms with Crippen molar-refractivity contribution in [1.29, 1.82) is 0 Å². The molecule has 2 aromatic carbocycles. The third-order valence-corrected chi connectivity index (χ3v) is 6.40. The van der Waals surface area contributed by atoms with Crippen molar-refractivity contribution in [3.05, 3.63) is 71.0 Å². The van der Waals surface area contributed by atoms with Crippen LogP contribution in [-0.4, -0.2) is 60.4 Å².